The predicted octanol–water partition coefficient (Wildman–Crippen LogP) is 2.57. The average molecular weight is 261 g/mol. The zero-order chi connectivity index (χ0) is 13.8. The van der Waals surface area contributed by atoms with E-state index in [0.29, 0.717) is 5.92 Å². The molecule has 1 aliphatic rings. The van der Waals surface area contributed by atoms with Gasteiger partial charge >= 0.3 is 0 Å². The molecule has 0 saturated carbocycles. The Morgan fingerprint density at radius 1 is 1.42 bits per heavy atom. The Bertz CT molecular complexity index is 514. The summed E-state index contributed by atoms with van der Waals surface area (Å²) in [6.45, 7) is 8.52. The van der Waals surface area contributed by atoms with E-state index in [4.69, 9.17) is 0 Å². The lowest BCUT2D eigenvalue weighted by Crippen LogP contribution is -2.25. The van der Waals surface area contributed by atoms with Crippen molar-refractivity contribution in [3.05, 3.63) is 39.5 Å². The fourth-order valence-electron chi connectivity index (χ4n) is 2.91. The molecule has 104 valence electrons. The van der Waals surface area contributed by atoms with Crippen molar-refractivity contribution in [2.24, 2.45) is 0 Å². The highest BCUT2D eigenvalue weighted by atomic mass is 16.1. The Hall–Kier alpha value is -1.58. The van der Waals surface area contributed by atoms with E-state index in [9.17, 15) is 4.79 Å². The number of aromatic nitrogens is 2. The van der Waals surface area contributed by atoms with Crippen LogP contribution in [0, 0.1) is 6.92 Å². The summed E-state index contributed by atoms with van der Waals surface area (Å²) >= 11 is 0. The maximum absolute atomic E-state index is 11.2. The number of hydrogen-bond donors (Lipinski definition) is 1. The van der Waals surface area contributed by atoms with Crippen molar-refractivity contribution >= 4 is 0 Å². The summed E-state index contributed by atoms with van der Waals surface area (Å²) in [5.74, 6) is 0.441. The lowest BCUT2D eigenvalue weighted by molar-refractivity contribution is 0.348. The standard InChI is InChI=1S/C15H23N3O/c1-4-18(5-2)13-8-6-12(7-9-13)15-11(3)10-14(19)16-17-15/h8,10,12H,4-7,9H2,1-3H3,(H,16,19). The summed E-state index contributed by atoms with van der Waals surface area (Å²) in [4.78, 5) is 13.6. The summed E-state index contributed by atoms with van der Waals surface area (Å²) in [6.07, 6.45) is 5.58. The van der Waals surface area contributed by atoms with Gasteiger partial charge in [0.1, 0.15) is 0 Å². The normalized spacial score (nSPS) is 19.1. The Kier molecular flexibility index (Phi) is 4.40. The zero-order valence-electron chi connectivity index (χ0n) is 12.1. The van der Waals surface area contributed by atoms with Gasteiger partial charge in [0.15, 0.2) is 0 Å². The largest absolute Gasteiger partial charge is 0.376 e. The first kappa shape index (κ1) is 13.8. The highest BCUT2D eigenvalue weighted by molar-refractivity contribution is 5.22. The number of H-pyrrole nitrogens is 1. The van der Waals surface area contributed by atoms with Gasteiger partial charge < -0.3 is 4.90 Å². The average Bonchev–Trinajstić information content (AvgIpc) is 2.41. The first-order valence-corrected chi connectivity index (χ1v) is 7.15. The van der Waals surface area contributed by atoms with E-state index >= 15 is 0 Å². The Morgan fingerprint density at radius 3 is 2.68 bits per heavy atom. The molecule has 0 saturated heterocycles. The highest BCUT2D eigenvalue weighted by Crippen LogP contribution is 2.32. The van der Waals surface area contributed by atoms with Gasteiger partial charge in [-0.15, -0.1) is 0 Å². The van der Waals surface area contributed by atoms with Crippen LogP contribution in [0.25, 0.3) is 0 Å². The molecular formula is C15H23N3O. The second-order valence-corrected chi connectivity index (χ2v) is 5.14. The monoisotopic (exact) mass is 261 g/mol. The molecule has 4 nitrogen and oxygen atoms in total. The van der Waals surface area contributed by atoms with Crippen molar-refractivity contribution in [1.29, 1.82) is 0 Å². The maximum atomic E-state index is 11.2. The third kappa shape index (κ3) is 3.06. The van der Waals surface area contributed by atoms with E-state index in [-0.39, 0.29) is 5.56 Å². The van der Waals surface area contributed by atoms with E-state index in [1.165, 1.54) is 5.70 Å². The van der Waals surface area contributed by atoms with Gasteiger partial charge in [-0.25, -0.2) is 5.10 Å². The molecule has 0 spiro atoms. The van der Waals surface area contributed by atoms with Crippen molar-refractivity contribution < 1.29 is 0 Å². The first-order chi connectivity index (χ1) is 9.15. The molecule has 1 heterocycles. The molecule has 1 atom stereocenters. The summed E-state index contributed by atoms with van der Waals surface area (Å²) in [5.41, 5.74) is 3.41. The van der Waals surface area contributed by atoms with Crippen molar-refractivity contribution in [2.75, 3.05) is 13.1 Å². The van der Waals surface area contributed by atoms with Crippen LogP contribution in [0.1, 0.15) is 50.3 Å². The zero-order valence-corrected chi connectivity index (χ0v) is 12.1. The quantitative estimate of drug-likeness (QED) is 0.906. The minimum atomic E-state index is -0.114. The molecule has 4 heteroatoms. The fourth-order valence-corrected chi connectivity index (χ4v) is 2.91. The van der Waals surface area contributed by atoms with Gasteiger partial charge in [0, 0.05) is 30.8 Å². The smallest absolute Gasteiger partial charge is 0.264 e. The Morgan fingerprint density at radius 2 is 2.16 bits per heavy atom. The van der Waals surface area contributed by atoms with Crippen molar-refractivity contribution in [3.8, 4) is 0 Å². The van der Waals surface area contributed by atoms with Gasteiger partial charge in [-0.3, -0.25) is 4.79 Å². The van der Waals surface area contributed by atoms with Crippen molar-refractivity contribution in [1.82, 2.24) is 15.1 Å². The van der Waals surface area contributed by atoms with E-state index < -0.39 is 0 Å². The molecule has 0 radical (unpaired) electrons. The van der Waals surface area contributed by atoms with E-state index in [0.717, 1.165) is 43.6 Å². The molecule has 0 amide bonds. The van der Waals surface area contributed by atoms with Crippen molar-refractivity contribution in [3.63, 3.8) is 0 Å². The van der Waals surface area contributed by atoms with Gasteiger partial charge in [-0.2, -0.15) is 5.10 Å². The molecule has 0 fully saturated rings. The highest BCUT2D eigenvalue weighted by Gasteiger charge is 2.21. The molecule has 0 bridgehead atoms. The summed E-state index contributed by atoms with van der Waals surface area (Å²) < 4.78 is 0. The van der Waals surface area contributed by atoms with E-state index in [1.54, 1.807) is 6.07 Å². The molecule has 19 heavy (non-hydrogen) atoms. The number of aromatic amines is 1. The molecule has 1 aliphatic carbocycles. The summed E-state index contributed by atoms with van der Waals surface area (Å²) in [6, 6.07) is 1.64. The predicted molar refractivity (Wildman–Crippen MR) is 77.2 cm³/mol. The minimum Gasteiger partial charge on any atom is -0.376 e. The van der Waals surface area contributed by atoms with Gasteiger partial charge in [0.25, 0.3) is 5.56 Å². The van der Waals surface area contributed by atoms with Crippen LogP contribution < -0.4 is 5.56 Å². The van der Waals surface area contributed by atoms with Gasteiger partial charge in [0.05, 0.1) is 5.69 Å². The fraction of sp³-hybridized carbons (Fsp3) is 0.600. The van der Waals surface area contributed by atoms with Crippen LogP contribution in [0.4, 0.5) is 0 Å². The topological polar surface area (TPSA) is 49.0 Å². The minimum absolute atomic E-state index is 0.114. The lowest BCUT2D eigenvalue weighted by Gasteiger charge is -2.30. The molecule has 0 aromatic carbocycles. The number of nitrogens with zero attached hydrogens (tertiary/aromatic N) is 2. The summed E-state index contributed by atoms with van der Waals surface area (Å²) in [7, 11) is 0. The molecule has 1 aromatic heterocycles. The molecular weight excluding hydrogens is 238 g/mol. The lowest BCUT2D eigenvalue weighted by atomic mass is 9.87. The van der Waals surface area contributed by atoms with Crippen LogP contribution in [0.2, 0.25) is 0 Å². The number of hydrogen-bond acceptors (Lipinski definition) is 3. The van der Waals surface area contributed by atoms with E-state index in [2.05, 4.69) is 35.0 Å². The maximum Gasteiger partial charge on any atom is 0.264 e. The second-order valence-electron chi connectivity index (χ2n) is 5.14. The first-order valence-electron chi connectivity index (χ1n) is 7.15. The molecule has 1 aromatic rings. The third-order valence-electron chi connectivity index (χ3n) is 3.98. The van der Waals surface area contributed by atoms with Gasteiger partial charge in [-0.1, -0.05) is 6.08 Å². The number of aryl methyl sites for hydroxylation is 1. The number of allylic oxidation sites excluding steroid dienone is 2. The SMILES string of the molecule is CCN(CC)C1=CCC(c2n[nH]c(=O)cc2C)CC1. The van der Waals surface area contributed by atoms with Crippen LogP contribution in [0.15, 0.2) is 22.6 Å². The number of nitrogens with one attached hydrogen (secondary N) is 1. The van der Waals surface area contributed by atoms with Crippen LogP contribution in [0.3, 0.4) is 0 Å². The molecule has 1 unspecified atom stereocenters. The summed E-state index contributed by atoms with van der Waals surface area (Å²) in [5, 5.41) is 6.79. The van der Waals surface area contributed by atoms with Crippen LogP contribution in [-0.4, -0.2) is 28.2 Å². The molecule has 0 aliphatic heterocycles. The second kappa shape index (κ2) is 6.04. The van der Waals surface area contributed by atoms with Crippen LogP contribution >= 0.6 is 0 Å². The van der Waals surface area contributed by atoms with Gasteiger partial charge in [0.2, 0.25) is 0 Å². The van der Waals surface area contributed by atoms with Crippen molar-refractivity contribution in [2.45, 2.75) is 46.0 Å². The third-order valence-corrected chi connectivity index (χ3v) is 3.98. The van der Waals surface area contributed by atoms with Gasteiger partial charge in [-0.05, 0) is 45.6 Å². The molecule has 1 N–H and O–H groups in total. The Labute approximate surface area is 114 Å². The van der Waals surface area contributed by atoms with Crippen LogP contribution in [-0.2, 0) is 0 Å². The molecule has 2 rings (SSSR count). The number of rotatable bonds is 4. The van der Waals surface area contributed by atoms with Crippen LogP contribution in [0.5, 0.6) is 0 Å². The van der Waals surface area contributed by atoms with E-state index in [1.807, 2.05) is 6.92 Å². The Balaban J connectivity index is 2.12.